The lowest BCUT2D eigenvalue weighted by atomic mass is 10.3. The fourth-order valence-electron chi connectivity index (χ4n) is 1.28. The van der Waals surface area contributed by atoms with Gasteiger partial charge in [-0.25, -0.2) is 9.97 Å². The number of rotatable bonds is 7. The number of carbonyl (C=O) groups is 1. The number of aryl methyl sites for hydroxylation is 1. The SMILES string of the molecule is Cc1cc(C(=O)NCCCOCCO)nc(Cl)n1. The van der Waals surface area contributed by atoms with E-state index in [1.165, 1.54) is 0 Å². The first kappa shape index (κ1) is 14.8. The molecule has 1 aromatic rings. The summed E-state index contributed by atoms with van der Waals surface area (Å²) >= 11 is 5.67. The van der Waals surface area contributed by atoms with E-state index >= 15 is 0 Å². The van der Waals surface area contributed by atoms with E-state index in [4.69, 9.17) is 21.4 Å². The molecule has 0 radical (unpaired) electrons. The molecule has 0 aliphatic carbocycles. The minimum absolute atomic E-state index is 0.00503. The van der Waals surface area contributed by atoms with Gasteiger partial charge in [0.25, 0.3) is 5.91 Å². The molecule has 0 fully saturated rings. The van der Waals surface area contributed by atoms with Gasteiger partial charge in [-0.15, -0.1) is 0 Å². The van der Waals surface area contributed by atoms with Gasteiger partial charge in [-0.05, 0) is 31.0 Å². The zero-order chi connectivity index (χ0) is 13.4. The molecule has 100 valence electrons. The summed E-state index contributed by atoms with van der Waals surface area (Å²) in [6.07, 6.45) is 0.670. The predicted molar refractivity (Wildman–Crippen MR) is 66.6 cm³/mol. The second-order valence-corrected chi connectivity index (χ2v) is 3.95. The third kappa shape index (κ3) is 5.39. The Morgan fingerprint density at radius 3 is 2.94 bits per heavy atom. The van der Waals surface area contributed by atoms with E-state index in [0.717, 1.165) is 0 Å². The van der Waals surface area contributed by atoms with Crippen molar-refractivity contribution in [2.75, 3.05) is 26.4 Å². The van der Waals surface area contributed by atoms with Crippen LogP contribution in [0.1, 0.15) is 22.6 Å². The normalized spacial score (nSPS) is 10.4. The van der Waals surface area contributed by atoms with Crippen molar-refractivity contribution in [2.45, 2.75) is 13.3 Å². The monoisotopic (exact) mass is 273 g/mol. The fraction of sp³-hybridized carbons (Fsp3) is 0.545. The largest absolute Gasteiger partial charge is 0.394 e. The lowest BCUT2D eigenvalue weighted by molar-refractivity contribution is 0.0865. The van der Waals surface area contributed by atoms with E-state index in [-0.39, 0.29) is 23.5 Å². The Balaban J connectivity index is 2.32. The minimum Gasteiger partial charge on any atom is -0.394 e. The number of nitrogens with one attached hydrogen (secondary N) is 1. The Bertz CT molecular complexity index is 381. The van der Waals surface area contributed by atoms with Gasteiger partial charge >= 0.3 is 0 Å². The standard InChI is InChI=1S/C11H16ClN3O3/c1-8-7-9(15-11(12)14-8)10(17)13-3-2-5-18-6-4-16/h7,16H,2-6H2,1H3,(H,13,17). The Kier molecular flexibility index (Phi) is 6.56. The van der Waals surface area contributed by atoms with Crippen LogP contribution in [-0.2, 0) is 4.74 Å². The molecular weight excluding hydrogens is 258 g/mol. The van der Waals surface area contributed by atoms with Crippen LogP contribution in [0, 0.1) is 6.92 Å². The Hall–Kier alpha value is -1.24. The van der Waals surface area contributed by atoms with E-state index in [1.54, 1.807) is 13.0 Å². The second-order valence-electron chi connectivity index (χ2n) is 3.61. The molecule has 0 aromatic carbocycles. The number of halogens is 1. The summed E-state index contributed by atoms with van der Waals surface area (Å²) in [5.74, 6) is -0.287. The van der Waals surface area contributed by atoms with E-state index in [1.807, 2.05) is 0 Å². The molecule has 0 spiro atoms. The first-order valence-electron chi connectivity index (χ1n) is 5.61. The molecule has 1 rings (SSSR count). The molecule has 0 bridgehead atoms. The number of carbonyl (C=O) groups excluding carboxylic acids is 1. The highest BCUT2D eigenvalue weighted by Crippen LogP contribution is 2.04. The van der Waals surface area contributed by atoms with Crippen molar-refractivity contribution in [3.63, 3.8) is 0 Å². The number of ether oxygens (including phenoxy) is 1. The lowest BCUT2D eigenvalue weighted by Crippen LogP contribution is -2.26. The van der Waals surface area contributed by atoms with E-state index in [9.17, 15) is 4.79 Å². The second kappa shape index (κ2) is 7.97. The van der Waals surface area contributed by atoms with Crippen molar-refractivity contribution in [1.82, 2.24) is 15.3 Å². The van der Waals surface area contributed by atoms with Gasteiger partial charge in [0.15, 0.2) is 0 Å². The number of hydrogen-bond donors (Lipinski definition) is 2. The average molecular weight is 274 g/mol. The Morgan fingerprint density at radius 1 is 1.50 bits per heavy atom. The summed E-state index contributed by atoms with van der Waals surface area (Å²) < 4.78 is 5.06. The number of aliphatic hydroxyl groups excluding tert-OH is 1. The molecule has 1 aromatic heterocycles. The number of amides is 1. The molecule has 1 heterocycles. The van der Waals surface area contributed by atoms with E-state index in [2.05, 4.69) is 15.3 Å². The molecule has 0 saturated heterocycles. The molecule has 7 heteroatoms. The van der Waals surface area contributed by atoms with Gasteiger partial charge in [-0.3, -0.25) is 4.79 Å². The number of aromatic nitrogens is 2. The summed E-state index contributed by atoms with van der Waals surface area (Å²) in [7, 11) is 0. The van der Waals surface area contributed by atoms with E-state index < -0.39 is 0 Å². The average Bonchev–Trinajstić information content (AvgIpc) is 2.32. The summed E-state index contributed by atoms with van der Waals surface area (Å²) in [4.78, 5) is 19.4. The van der Waals surface area contributed by atoms with Gasteiger partial charge in [-0.1, -0.05) is 0 Å². The third-order valence-corrected chi connectivity index (χ3v) is 2.22. The number of nitrogens with zero attached hydrogens (tertiary/aromatic N) is 2. The lowest BCUT2D eigenvalue weighted by Gasteiger charge is -2.05. The van der Waals surface area contributed by atoms with Crippen molar-refractivity contribution >= 4 is 17.5 Å². The molecule has 1 amide bonds. The quantitative estimate of drug-likeness (QED) is 0.560. The van der Waals surface area contributed by atoms with Crippen molar-refractivity contribution < 1.29 is 14.6 Å². The van der Waals surface area contributed by atoms with Crippen LogP contribution in [0.15, 0.2) is 6.07 Å². The maximum atomic E-state index is 11.7. The number of aliphatic hydroxyl groups is 1. The molecule has 18 heavy (non-hydrogen) atoms. The first-order chi connectivity index (χ1) is 8.63. The fourth-order valence-corrected chi connectivity index (χ4v) is 1.51. The van der Waals surface area contributed by atoms with Gasteiger partial charge in [0.1, 0.15) is 5.69 Å². The Morgan fingerprint density at radius 2 is 2.28 bits per heavy atom. The molecule has 0 atom stereocenters. The van der Waals surface area contributed by atoms with Gasteiger partial charge in [0, 0.05) is 18.8 Å². The van der Waals surface area contributed by atoms with Crippen LogP contribution in [0.5, 0.6) is 0 Å². The maximum Gasteiger partial charge on any atom is 0.270 e. The first-order valence-corrected chi connectivity index (χ1v) is 5.99. The molecule has 0 saturated carbocycles. The summed E-state index contributed by atoms with van der Waals surface area (Å²) in [5.41, 5.74) is 0.898. The summed E-state index contributed by atoms with van der Waals surface area (Å²) in [6.45, 7) is 3.03. The summed E-state index contributed by atoms with van der Waals surface area (Å²) in [6, 6.07) is 1.57. The molecule has 2 N–H and O–H groups in total. The minimum atomic E-state index is -0.287. The van der Waals surface area contributed by atoms with Crippen molar-refractivity contribution in [3.8, 4) is 0 Å². The predicted octanol–water partition coefficient (Wildman–Crippen LogP) is 0.567. The molecular formula is C11H16ClN3O3. The van der Waals surface area contributed by atoms with Crippen molar-refractivity contribution in [3.05, 3.63) is 22.7 Å². The van der Waals surface area contributed by atoms with Gasteiger partial charge in [0.2, 0.25) is 5.28 Å². The maximum absolute atomic E-state index is 11.7. The van der Waals surface area contributed by atoms with Crippen LogP contribution < -0.4 is 5.32 Å². The van der Waals surface area contributed by atoms with Gasteiger partial charge in [0.05, 0.1) is 13.2 Å². The molecule has 0 aliphatic rings. The zero-order valence-electron chi connectivity index (χ0n) is 10.1. The highest BCUT2D eigenvalue weighted by molar-refractivity contribution is 6.28. The topological polar surface area (TPSA) is 84.3 Å². The smallest absolute Gasteiger partial charge is 0.270 e. The zero-order valence-corrected chi connectivity index (χ0v) is 10.9. The molecule has 6 nitrogen and oxygen atoms in total. The van der Waals surface area contributed by atoms with Gasteiger partial charge in [-0.2, -0.15) is 0 Å². The van der Waals surface area contributed by atoms with Crippen molar-refractivity contribution in [2.24, 2.45) is 0 Å². The van der Waals surface area contributed by atoms with E-state index in [0.29, 0.717) is 31.9 Å². The molecule has 0 unspecified atom stereocenters. The Labute approximate surface area is 110 Å². The van der Waals surface area contributed by atoms with Crippen LogP contribution in [-0.4, -0.2) is 47.3 Å². The van der Waals surface area contributed by atoms with Crippen LogP contribution in [0.2, 0.25) is 5.28 Å². The van der Waals surface area contributed by atoms with Crippen molar-refractivity contribution in [1.29, 1.82) is 0 Å². The highest BCUT2D eigenvalue weighted by Gasteiger charge is 2.08. The molecule has 0 aliphatic heterocycles. The van der Waals surface area contributed by atoms with Crippen LogP contribution in [0.3, 0.4) is 0 Å². The van der Waals surface area contributed by atoms with Crippen LogP contribution in [0.25, 0.3) is 0 Å². The number of hydrogen-bond acceptors (Lipinski definition) is 5. The van der Waals surface area contributed by atoms with Crippen LogP contribution >= 0.6 is 11.6 Å². The third-order valence-electron chi connectivity index (χ3n) is 2.05. The summed E-state index contributed by atoms with van der Waals surface area (Å²) in [5, 5.41) is 11.3. The highest BCUT2D eigenvalue weighted by atomic mass is 35.5. The van der Waals surface area contributed by atoms with Crippen LogP contribution in [0.4, 0.5) is 0 Å². The van der Waals surface area contributed by atoms with Gasteiger partial charge < -0.3 is 15.2 Å².